The molecule has 0 N–H and O–H groups in total. The van der Waals surface area contributed by atoms with Crippen molar-refractivity contribution in [1.82, 2.24) is 20.0 Å². The molecule has 0 amide bonds. The van der Waals surface area contributed by atoms with Gasteiger partial charge in [0.2, 0.25) is 6.39 Å². The van der Waals surface area contributed by atoms with E-state index in [0.29, 0.717) is 17.0 Å². The number of ketones is 1. The van der Waals surface area contributed by atoms with Crippen LogP contribution in [0.25, 0.3) is 11.5 Å². The van der Waals surface area contributed by atoms with Crippen LogP contribution in [0.15, 0.2) is 53.5 Å². The quantitative estimate of drug-likeness (QED) is 0.664. The van der Waals surface area contributed by atoms with Crippen molar-refractivity contribution in [3.05, 3.63) is 54.7 Å². The summed E-state index contributed by atoms with van der Waals surface area (Å²) in [5, 5.41) is 11.5. The van der Waals surface area contributed by atoms with Crippen LogP contribution in [0.2, 0.25) is 0 Å². The molecule has 0 radical (unpaired) electrons. The predicted octanol–water partition coefficient (Wildman–Crippen LogP) is 1.82. The lowest BCUT2D eigenvalue weighted by Gasteiger charge is -2.00. The van der Waals surface area contributed by atoms with Crippen LogP contribution in [0.4, 0.5) is 0 Å². The smallest absolute Gasteiger partial charge is 0.250 e. The van der Waals surface area contributed by atoms with E-state index in [4.69, 9.17) is 4.42 Å². The maximum absolute atomic E-state index is 12.0. The highest BCUT2D eigenvalue weighted by Crippen LogP contribution is 2.14. The van der Waals surface area contributed by atoms with Gasteiger partial charge in [-0.15, -0.1) is 10.2 Å². The number of hydrogen-bond acceptors (Lipinski definition) is 5. The molecule has 0 aliphatic rings. The molecule has 2 heterocycles. The predicted molar refractivity (Wildman–Crippen MR) is 66.3 cm³/mol. The molecule has 94 valence electrons. The van der Waals surface area contributed by atoms with Crippen LogP contribution in [-0.2, 0) is 6.54 Å². The van der Waals surface area contributed by atoms with E-state index in [1.165, 1.54) is 6.39 Å². The van der Waals surface area contributed by atoms with Crippen LogP contribution in [-0.4, -0.2) is 25.8 Å². The third-order valence-electron chi connectivity index (χ3n) is 2.64. The number of nitrogens with zero attached hydrogens (tertiary/aromatic N) is 4. The Morgan fingerprint density at radius 3 is 2.84 bits per heavy atom. The maximum atomic E-state index is 12.0. The molecule has 6 heteroatoms. The first kappa shape index (κ1) is 11.3. The van der Waals surface area contributed by atoms with Gasteiger partial charge in [-0.25, -0.2) is 0 Å². The molecular weight excluding hydrogens is 244 g/mol. The third kappa shape index (κ3) is 2.42. The fourth-order valence-corrected chi connectivity index (χ4v) is 1.72. The van der Waals surface area contributed by atoms with Crippen LogP contribution >= 0.6 is 0 Å². The standard InChI is InChI=1S/C13H10N4O2/c18-12(10-4-2-1-3-5-10)8-17-7-11(6-15-17)13-16-14-9-19-13/h1-7,9H,8H2. The first-order valence-corrected chi connectivity index (χ1v) is 5.70. The number of carbonyl (C=O) groups excluding carboxylic acids is 1. The first-order chi connectivity index (χ1) is 9.33. The summed E-state index contributed by atoms with van der Waals surface area (Å²) in [6.45, 7) is 0.179. The van der Waals surface area contributed by atoms with Gasteiger partial charge in [-0.1, -0.05) is 30.3 Å². The minimum absolute atomic E-state index is 0.000721. The summed E-state index contributed by atoms with van der Waals surface area (Å²) in [6.07, 6.45) is 4.54. The normalized spacial score (nSPS) is 10.5. The van der Waals surface area contributed by atoms with Crippen molar-refractivity contribution in [2.75, 3.05) is 0 Å². The molecule has 1 aromatic carbocycles. The molecule has 0 aliphatic carbocycles. The van der Waals surface area contributed by atoms with Crippen molar-refractivity contribution in [2.45, 2.75) is 6.54 Å². The third-order valence-corrected chi connectivity index (χ3v) is 2.64. The highest BCUT2D eigenvalue weighted by molar-refractivity contribution is 5.95. The molecule has 3 aromatic rings. The summed E-state index contributed by atoms with van der Waals surface area (Å²) in [6, 6.07) is 9.11. The lowest BCUT2D eigenvalue weighted by Crippen LogP contribution is -2.10. The second-order valence-corrected chi connectivity index (χ2v) is 3.96. The van der Waals surface area contributed by atoms with E-state index < -0.39 is 0 Å². The van der Waals surface area contributed by atoms with Gasteiger partial charge in [0.05, 0.1) is 11.8 Å². The van der Waals surface area contributed by atoms with E-state index in [0.717, 1.165) is 0 Å². The topological polar surface area (TPSA) is 73.8 Å². The summed E-state index contributed by atoms with van der Waals surface area (Å²) in [5.41, 5.74) is 1.36. The Balaban J connectivity index is 1.76. The first-order valence-electron chi connectivity index (χ1n) is 5.70. The molecule has 0 saturated carbocycles. The molecule has 0 spiro atoms. The number of aromatic nitrogens is 4. The molecule has 3 rings (SSSR count). The highest BCUT2D eigenvalue weighted by Gasteiger charge is 2.10. The molecule has 0 atom stereocenters. The van der Waals surface area contributed by atoms with Gasteiger partial charge in [-0.3, -0.25) is 9.48 Å². The minimum Gasteiger partial charge on any atom is -0.423 e. The Hall–Kier alpha value is -2.76. The van der Waals surface area contributed by atoms with Crippen molar-refractivity contribution in [3.63, 3.8) is 0 Å². The van der Waals surface area contributed by atoms with Gasteiger partial charge in [0.25, 0.3) is 5.89 Å². The number of carbonyl (C=O) groups is 1. The van der Waals surface area contributed by atoms with E-state index in [1.807, 2.05) is 18.2 Å². The zero-order valence-electron chi connectivity index (χ0n) is 9.93. The summed E-state index contributed by atoms with van der Waals surface area (Å²) >= 11 is 0. The molecule has 19 heavy (non-hydrogen) atoms. The van der Waals surface area contributed by atoms with Crippen LogP contribution in [0, 0.1) is 0 Å². The molecular formula is C13H10N4O2. The summed E-state index contributed by atoms with van der Waals surface area (Å²) in [7, 11) is 0. The lowest BCUT2D eigenvalue weighted by molar-refractivity contribution is 0.0967. The van der Waals surface area contributed by atoms with Crippen molar-refractivity contribution in [3.8, 4) is 11.5 Å². The van der Waals surface area contributed by atoms with Crippen LogP contribution in [0.1, 0.15) is 10.4 Å². The molecule has 0 fully saturated rings. The Labute approximate surface area is 108 Å². The zero-order valence-corrected chi connectivity index (χ0v) is 9.93. The van der Waals surface area contributed by atoms with Gasteiger partial charge >= 0.3 is 0 Å². The second-order valence-electron chi connectivity index (χ2n) is 3.96. The van der Waals surface area contributed by atoms with Gasteiger partial charge in [0.15, 0.2) is 5.78 Å². The fourth-order valence-electron chi connectivity index (χ4n) is 1.72. The van der Waals surface area contributed by atoms with E-state index in [2.05, 4.69) is 15.3 Å². The van der Waals surface area contributed by atoms with Gasteiger partial charge < -0.3 is 4.42 Å². The van der Waals surface area contributed by atoms with Crippen LogP contribution in [0.5, 0.6) is 0 Å². The van der Waals surface area contributed by atoms with Crippen molar-refractivity contribution >= 4 is 5.78 Å². The van der Waals surface area contributed by atoms with E-state index in [-0.39, 0.29) is 12.3 Å². The van der Waals surface area contributed by atoms with Crippen molar-refractivity contribution in [2.24, 2.45) is 0 Å². The van der Waals surface area contributed by atoms with Crippen LogP contribution < -0.4 is 0 Å². The zero-order chi connectivity index (χ0) is 13.1. The maximum Gasteiger partial charge on any atom is 0.250 e. The number of hydrogen-bond donors (Lipinski definition) is 0. The molecule has 0 unspecified atom stereocenters. The SMILES string of the molecule is O=C(Cn1cc(-c2nnco2)cn1)c1ccccc1. The van der Waals surface area contributed by atoms with Gasteiger partial charge in [-0.2, -0.15) is 5.10 Å². The molecule has 2 aromatic heterocycles. The van der Waals surface area contributed by atoms with Gasteiger partial charge in [-0.05, 0) is 0 Å². The summed E-state index contributed by atoms with van der Waals surface area (Å²) in [5.74, 6) is 0.388. The fraction of sp³-hybridized carbons (Fsp3) is 0.0769. The van der Waals surface area contributed by atoms with E-state index in [1.54, 1.807) is 29.2 Å². The van der Waals surface area contributed by atoms with Gasteiger partial charge in [0, 0.05) is 11.8 Å². The Morgan fingerprint density at radius 1 is 1.26 bits per heavy atom. The van der Waals surface area contributed by atoms with Crippen LogP contribution in [0.3, 0.4) is 0 Å². The highest BCUT2D eigenvalue weighted by atomic mass is 16.4. The van der Waals surface area contributed by atoms with Crippen molar-refractivity contribution in [1.29, 1.82) is 0 Å². The summed E-state index contributed by atoms with van der Waals surface area (Å²) < 4.78 is 6.61. The molecule has 0 saturated heterocycles. The monoisotopic (exact) mass is 254 g/mol. The molecule has 0 bridgehead atoms. The summed E-state index contributed by atoms with van der Waals surface area (Å²) in [4.78, 5) is 12.0. The second kappa shape index (κ2) is 4.85. The lowest BCUT2D eigenvalue weighted by atomic mass is 10.1. The largest absolute Gasteiger partial charge is 0.423 e. The van der Waals surface area contributed by atoms with Crippen molar-refractivity contribution < 1.29 is 9.21 Å². The number of benzene rings is 1. The minimum atomic E-state index is 0.000721. The number of Topliss-reactive ketones (excluding diaryl/α,β-unsaturated/α-hetero) is 1. The Morgan fingerprint density at radius 2 is 2.11 bits per heavy atom. The molecule has 6 nitrogen and oxygen atoms in total. The number of rotatable bonds is 4. The Bertz CT molecular complexity index is 674. The van der Waals surface area contributed by atoms with E-state index >= 15 is 0 Å². The van der Waals surface area contributed by atoms with E-state index in [9.17, 15) is 4.79 Å². The molecule has 0 aliphatic heterocycles. The average molecular weight is 254 g/mol. The van der Waals surface area contributed by atoms with Gasteiger partial charge in [0.1, 0.15) is 6.54 Å². The average Bonchev–Trinajstić information content (AvgIpc) is 3.10. The Kier molecular flexibility index (Phi) is 2.89.